The summed E-state index contributed by atoms with van der Waals surface area (Å²) in [5.74, 6) is 0. The Labute approximate surface area is 85.6 Å². The van der Waals surface area contributed by atoms with Crippen molar-refractivity contribution in [1.82, 2.24) is 0 Å². The summed E-state index contributed by atoms with van der Waals surface area (Å²) in [5.41, 5.74) is 1.16. The van der Waals surface area contributed by atoms with E-state index in [0.29, 0.717) is 0 Å². The van der Waals surface area contributed by atoms with Gasteiger partial charge < -0.3 is 4.42 Å². The first-order chi connectivity index (χ1) is 6.93. The lowest BCUT2D eigenvalue weighted by molar-refractivity contribution is 0.568. The molecule has 0 unspecified atom stereocenters. The van der Waals surface area contributed by atoms with Gasteiger partial charge in [0.1, 0.15) is 0 Å². The highest BCUT2D eigenvalue weighted by atomic mass is 32.1. The average molecular weight is 200 g/mol. The number of thiophene rings is 1. The maximum absolute atomic E-state index is 5.07. The predicted octanol–water partition coefficient (Wildman–Crippen LogP) is 4.16. The summed E-state index contributed by atoms with van der Waals surface area (Å²) < 4.78 is 6.39. The summed E-state index contributed by atoms with van der Waals surface area (Å²) in [4.78, 5) is 1.26. The van der Waals surface area contributed by atoms with Crippen LogP contribution in [-0.4, -0.2) is 0 Å². The molecule has 0 bridgehead atoms. The van der Waals surface area contributed by atoms with Crippen LogP contribution in [0, 0.1) is 0 Å². The number of rotatable bonds is 1. The third-order valence-electron chi connectivity index (χ3n) is 2.23. The molecule has 0 amide bonds. The fourth-order valence-corrected chi connectivity index (χ4v) is 2.58. The van der Waals surface area contributed by atoms with Crippen molar-refractivity contribution in [3.63, 3.8) is 0 Å². The fraction of sp³-hybridized carbons (Fsp3) is 0. The van der Waals surface area contributed by atoms with Crippen molar-refractivity contribution in [3.8, 4) is 10.4 Å². The topological polar surface area (TPSA) is 13.1 Å². The van der Waals surface area contributed by atoms with Crippen molar-refractivity contribution in [2.24, 2.45) is 0 Å². The molecule has 0 aliphatic heterocycles. The normalized spacial score (nSPS) is 10.9. The highest BCUT2D eigenvalue weighted by Gasteiger charge is 2.03. The number of hydrogen-bond acceptors (Lipinski definition) is 2. The molecule has 0 fully saturated rings. The van der Waals surface area contributed by atoms with Gasteiger partial charge in [0.2, 0.25) is 0 Å². The Kier molecular flexibility index (Phi) is 1.67. The molecule has 0 aliphatic rings. The molecule has 3 rings (SSSR count). The lowest BCUT2D eigenvalue weighted by Gasteiger charge is -1.84. The summed E-state index contributed by atoms with van der Waals surface area (Å²) in [5, 5.41) is 1.30. The van der Waals surface area contributed by atoms with Crippen molar-refractivity contribution in [2.45, 2.75) is 0 Å². The van der Waals surface area contributed by atoms with Gasteiger partial charge in [0.25, 0.3) is 0 Å². The molecule has 0 saturated carbocycles. The van der Waals surface area contributed by atoms with Gasteiger partial charge >= 0.3 is 0 Å². The van der Waals surface area contributed by atoms with Crippen LogP contribution >= 0.6 is 11.3 Å². The van der Waals surface area contributed by atoms with Crippen molar-refractivity contribution in [3.05, 3.63) is 48.9 Å². The Balaban J connectivity index is 2.24. The molecule has 3 aromatic rings. The molecule has 2 aromatic heterocycles. The van der Waals surface area contributed by atoms with E-state index in [1.807, 2.05) is 6.07 Å². The van der Waals surface area contributed by atoms with Gasteiger partial charge in [0, 0.05) is 15.1 Å². The molecular formula is C12H8OS. The van der Waals surface area contributed by atoms with Gasteiger partial charge in [-0.05, 0) is 23.6 Å². The van der Waals surface area contributed by atoms with Gasteiger partial charge in [0.05, 0.1) is 12.5 Å². The van der Waals surface area contributed by atoms with Gasteiger partial charge in [-0.25, -0.2) is 0 Å². The van der Waals surface area contributed by atoms with Crippen LogP contribution in [-0.2, 0) is 0 Å². The first-order valence-electron chi connectivity index (χ1n) is 4.45. The van der Waals surface area contributed by atoms with Crippen molar-refractivity contribution < 1.29 is 4.42 Å². The summed E-state index contributed by atoms with van der Waals surface area (Å²) in [7, 11) is 0. The average Bonchev–Trinajstić information content (AvgIpc) is 2.86. The maximum Gasteiger partial charge on any atom is 0.0989 e. The van der Waals surface area contributed by atoms with Gasteiger partial charge in [-0.2, -0.15) is 0 Å². The minimum absolute atomic E-state index is 1.16. The second kappa shape index (κ2) is 3.00. The van der Waals surface area contributed by atoms with Crippen LogP contribution in [0.15, 0.2) is 53.3 Å². The third kappa shape index (κ3) is 1.16. The van der Waals surface area contributed by atoms with Gasteiger partial charge in [-0.1, -0.05) is 18.2 Å². The second-order valence-corrected chi connectivity index (χ2v) is 4.24. The SMILES string of the molecule is c1ccc2sc(-c3ccoc3)cc2c1. The van der Waals surface area contributed by atoms with Crippen molar-refractivity contribution in [2.75, 3.05) is 0 Å². The van der Waals surface area contributed by atoms with Crippen LogP contribution in [0.25, 0.3) is 20.5 Å². The van der Waals surface area contributed by atoms with E-state index >= 15 is 0 Å². The number of furan rings is 1. The molecule has 0 saturated heterocycles. The minimum atomic E-state index is 1.16. The maximum atomic E-state index is 5.07. The van der Waals surface area contributed by atoms with Gasteiger partial charge in [0.15, 0.2) is 0 Å². The fourth-order valence-electron chi connectivity index (χ4n) is 1.53. The third-order valence-corrected chi connectivity index (χ3v) is 3.40. The molecule has 2 heterocycles. The van der Waals surface area contributed by atoms with E-state index in [0.717, 1.165) is 5.56 Å². The van der Waals surface area contributed by atoms with E-state index in [9.17, 15) is 0 Å². The summed E-state index contributed by atoms with van der Waals surface area (Å²) in [6.07, 6.45) is 3.49. The monoisotopic (exact) mass is 200 g/mol. The van der Waals surface area contributed by atoms with Gasteiger partial charge in [-0.15, -0.1) is 11.3 Å². The minimum Gasteiger partial charge on any atom is -0.472 e. The Morgan fingerprint density at radius 3 is 2.79 bits per heavy atom. The first kappa shape index (κ1) is 7.83. The molecule has 14 heavy (non-hydrogen) atoms. The lowest BCUT2D eigenvalue weighted by Crippen LogP contribution is -1.60. The molecule has 0 aliphatic carbocycles. The lowest BCUT2D eigenvalue weighted by atomic mass is 10.2. The molecule has 1 nitrogen and oxygen atoms in total. The van der Waals surface area contributed by atoms with E-state index in [-0.39, 0.29) is 0 Å². The van der Waals surface area contributed by atoms with E-state index in [1.165, 1.54) is 15.0 Å². The molecule has 1 aromatic carbocycles. The molecule has 2 heteroatoms. The van der Waals surface area contributed by atoms with Gasteiger partial charge in [-0.3, -0.25) is 0 Å². The van der Waals surface area contributed by atoms with Crippen LogP contribution < -0.4 is 0 Å². The largest absolute Gasteiger partial charge is 0.472 e. The van der Waals surface area contributed by atoms with Crippen molar-refractivity contribution >= 4 is 21.4 Å². The van der Waals surface area contributed by atoms with Crippen LogP contribution in [0.3, 0.4) is 0 Å². The highest BCUT2D eigenvalue weighted by Crippen LogP contribution is 2.33. The molecule has 0 radical (unpaired) electrons. The Morgan fingerprint density at radius 2 is 2.00 bits per heavy atom. The molecular weight excluding hydrogens is 192 g/mol. The quantitative estimate of drug-likeness (QED) is 0.574. The van der Waals surface area contributed by atoms with Crippen molar-refractivity contribution in [1.29, 1.82) is 0 Å². The summed E-state index contributed by atoms with van der Waals surface area (Å²) >= 11 is 1.79. The second-order valence-electron chi connectivity index (χ2n) is 3.16. The standard InChI is InChI=1S/C12H8OS/c1-2-4-11-9(3-1)7-12(14-11)10-5-6-13-8-10/h1-8H. The molecule has 68 valence electrons. The Morgan fingerprint density at radius 1 is 1.07 bits per heavy atom. The van der Waals surface area contributed by atoms with E-state index < -0.39 is 0 Å². The zero-order valence-electron chi connectivity index (χ0n) is 7.44. The Hall–Kier alpha value is -1.54. The highest BCUT2D eigenvalue weighted by molar-refractivity contribution is 7.22. The summed E-state index contributed by atoms with van der Waals surface area (Å²) in [6, 6.07) is 12.6. The zero-order valence-corrected chi connectivity index (χ0v) is 8.25. The Bertz CT molecular complexity index is 515. The van der Waals surface area contributed by atoms with Crippen LogP contribution in [0.4, 0.5) is 0 Å². The zero-order chi connectivity index (χ0) is 9.38. The number of hydrogen-bond donors (Lipinski definition) is 0. The first-order valence-corrected chi connectivity index (χ1v) is 5.26. The molecule has 0 atom stereocenters. The predicted molar refractivity (Wildman–Crippen MR) is 59.5 cm³/mol. The number of fused-ring (bicyclic) bond motifs is 1. The van der Waals surface area contributed by atoms with E-state index in [2.05, 4.69) is 30.3 Å². The molecule has 0 spiro atoms. The molecule has 0 N–H and O–H groups in total. The number of benzene rings is 1. The van der Waals surface area contributed by atoms with Crippen LogP contribution in [0.5, 0.6) is 0 Å². The smallest absolute Gasteiger partial charge is 0.0989 e. The van der Waals surface area contributed by atoms with Crippen LogP contribution in [0.2, 0.25) is 0 Å². The van der Waals surface area contributed by atoms with E-state index in [4.69, 9.17) is 4.42 Å². The summed E-state index contributed by atoms with van der Waals surface area (Å²) in [6.45, 7) is 0. The van der Waals surface area contributed by atoms with Crippen LogP contribution in [0.1, 0.15) is 0 Å². The van der Waals surface area contributed by atoms with E-state index in [1.54, 1.807) is 23.9 Å².